The summed E-state index contributed by atoms with van der Waals surface area (Å²) in [5, 5.41) is 0. The maximum Gasteiger partial charge on any atom is 0.0594 e. The lowest BCUT2D eigenvalue weighted by atomic mass is 9.79. The molecule has 0 aromatic carbocycles. The first-order valence-corrected chi connectivity index (χ1v) is 4.92. The van der Waals surface area contributed by atoms with Crippen LogP contribution in [0.4, 0.5) is 0 Å². The van der Waals surface area contributed by atoms with Gasteiger partial charge in [-0.05, 0) is 25.3 Å². The molecular formula is C9H18N2O. The Bertz CT molecular complexity index is 139. The Morgan fingerprint density at radius 3 is 2.50 bits per heavy atom. The minimum Gasteiger partial charge on any atom is -0.379 e. The van der Waals surface area contributed by atoms with E-state index in [-0.39, 0.29) is 0 Å². The fourth-order valence-corrected chi connectivity index (χ4v) is 2.13. The van der Waals surface area contributed by atoms with Gasteiger partial charge in [-0.2, -0.15) is 0 Å². The molecule has 0 bridgehead atoms. The van der Waals surface area contributed by atoms with Crippen molar-refractivity contribution in [3.8, 4) is 0 Å². The summed E-state index contributed by atoms with van der Waals surface area (Å²) < 4.78 is 5.31. The average molecular weight is 170 g/mol. The molecule has 1 aliphatic carbocycles. The number of ether oxygens (including phenoxy) is 1. The highest BCUT2D eigenvalue weighted by molar-refractivity contribution is 4.88. The van der Waals surface area contributed by atoms with E-state index < -0.39 is 0 Å². The maximum absolute atomic E-state index is 5.58. The van der Waals surface area contributed by atoms with Crippen LogP contribution in [0.3, 0.4) is 0 Å². The molecule has 1 aliphatic heterocycles. The smallest absolute Gasteiger partial charge is 0.0594 e. The zero-order valence-electron chi connectivity index (χ0n) is 7.54. The van der Waals surface area contributed by atoms with Gasteiger partial charge in [0.2, 0.25) is 0 Å². The largest absolute Gasteiger partial charge is 0.379 e. The van der Waals surface area contributed by atoms with Crippen LogP contribution in [0.5, 0.6) is 0 Å². The molecule has 1 heterocycles. The van der Waals surface area contributed by atoms with Crippen molar-refractivity contribution in [1.82, 2.24) is 4.90 Å². The number of nitrogens with two attached hydrogens (primary N) is 1. The molecule has 12 heavy (non-hydrogen) atoms. The quantitative estimate of drug-likeness (QED) is 0.636. The first-order chi connectivity index (χ1) is 5.90. The fraction of sp³-hybridized carbons (Fsp3) is 1.00. The van der Waals surface area contributed by atoms with Crippen molar-refractivity contribution in [3.63, 3.8) is 0 Å². The van der Waals surface area contributed by atoms with Crippen LogP contribution < -0.4 is 5.73 Å². The zero-order chi connectivity index (χ0) is 8.39. The van der Waals surface area contributed by atoms with E-state index in [0.29, 0.717) is 0 Å². The molecule has 2 N–H and O–H groups in total. The Labute approximate surface area is 73.9 Å². The summed E-state index contributed by atoms with van der Waals surface area (Å²) >= 11 is 0. The van der Waals surface area contributed by atoms with Gasteiger partial charge in [-0.1, -0.05) is 0 Å². The van der Waals surface area contributed by atoms with Crippen LogP contribution in [0.15, 0.2) is 0 Å². The van der Waals surface area contributed by atoms with Gasteiger partial charge in [0.05, 0.1) is 13.2 Å². The topological polar surface area (TPSA) is 38.5 Å². The average Bonchev–Trinajstić information content (AvgIpc) is 2.04. The summed E-state index contributed by atoms with van der Waals surface area (Å²) in [6, 6.07) is 0.822. The van der Waals surface area contributed by atoms with Gasteiger partial charge in [0.15, 0.2) is 0 Å². The Morgan fingerprint density at radius 1 is 1.25 bits per heavy atom. The van der Waals surface area contributed by atoms with Gasteiger partial charge in [0, 0.05) is 19.1 Å². The first kappa shape index (κ1) is 8.48. The molecule has 70 valence electrons. The van der Waals surface area contributed by atoms with E-state index in [1.165, 1.54) is 12.8 Å². The van der Waals surface area contributed by atoms with Crippen molar-refractivity contribution in [3.05, 3.63) is 0 Å². The minimum absolute atomic E-state index is 0.804. The second kappa shape index (κ2) is 3.73. The monoisotopic (exact) mass is 170 g/mol. The van der Waals surface area contributed by atoms with E-state index >= 15 is 0 Å². The summed E-state index contributed by atoms with van der Waals surface area (Å²) in [7, 11) is 0. The van der Waals surface area contributed by atoms with E-state index in [2.05, 4.69) is 4.90 Å². The molecule has 2 aliphatic rings. The molecule has 0 radical (unpaired) electrons. The van der Waals surface area contributed by atoms with Crippen LogP contribution >= 0.6 is 0 Å². The van der Waals surface area contributed by atoms with Crippen molar-refractivity contribution in [2.45, 2.75) is 18.9 Å². The van der Waals surface area contributed by atoms with E-state index in [0.717, 1.165) is 44.8 Å². The van der Waals surface area contributed by atoms with Gasteiger partial charge in [-0.3, -0.25) is 4.90 Å². The lowest BCUT2D eigenvalue weighted by Crippen LogP contribution is -2.50. The summed E-state index contributed by atoms with van der Waals surface area (Å²) in [6.07, 6.45) is 2.63. The lowest BCUT2D eigenvalue weighted by Gasteiger charge is -2.44. The van der Waals surface area contributed by atoms with E-state index in [4.69, 9.17) is 10.5 Å². The summed E-state index contributed by atoms with van der Waals surface area (Å²) in [5.74, 6) is 0.804. The predicted molar refractivity (Wildman–Crippen MR) is 48.0 cm³/mol. The molecule has 1 saturated carbocycles. The van der Waals surface area contributed by atoms with Gasteiger partial charge >= 0.3 is 0 Å². The van der Waals surface area contributed by atoms with Crippen LogP contribution in [-0.2, 0) is 4.74 Å². The van der Waals surface area contributed by atoms with Crippen LogP contribution in [0.2, 0.25) is 0 Å². The molecule has 0 spiro atoms. The normalized spacial score (nSPS) is 37.8. The van der Waals surface area contributed by atoms with Crippen molar-refractivity contribution >= 4 is 0 Å². The van der Waals surface area contributed by atoms with Gasteiger partial charge in [0.1, 0.15) is 0 Å². The molecule has 0 aromatic rings. The number of hydrogen-bond donors (Lipinski definition) is 1. The summed E-state index contributed by atoms with van der Waals surface area (Å²) in [6.45, 7) is 4.97. The van der Waals surface area contributed by atoms with Gasteiger partial charge in [-0.25, -0.2) is 0 Å². The molecule has 3 nitrogen and oxygen atoms in total. The molecule has 0 aromatic heterocycles. The molecule has 2 fully saturated rings. The van der Waals surface area contributed by atoms with Gasteiger partial charge in [0.25, 0.3) is 0 Å². The van der Waals surface area contributed by atoms with Crippen molar-refractivity contribution in [1.29, 1.82) is 0 Å². The number of hydrogen-bond acceptors (Lipinski definition) is 3. The molecule has 0 atom stereocenters. The Hall–Kier alpha value is -0.120. The maximum atomic E-state index is 5.58. The molecule has 1 saturated heterocycles. The van der Waals surface area contributed by atoms with E-state index in [9.17, 15) is 0 Å². The second-order valence-corrected chi connectivity index (χ2v) is 3.88. The minimum atomic E-state index is 0.804. The highest BCUT2D eigenvalue weighted by atomic mass is 16.5. The summed E-state index contributed by atoms with van der Waals surface area (Å²) in [5.41, 5.74) is 5.58. The van der Waals surface area contributed by atoms with Crippen molar-refractivity contribution in [2.75, 3.05) is 32.8 Å². The van der Waals surface area contributed by atoms with Crippen molar-refractivity contribution < 1.29 is 4.74 Å². The SMILES string of the molecule is NCC1CC(N2CCOCC2)C1. The van der Waals surface area contributed by atoms with E-state index in [1.54, 1.807) is 0 Å². The number of rotatable bonds is 2. The lowest BCUT2D eigenvalue weighted by molar-refractivity contribution is -0.0156. The highest BCUT2D eigenvalue weighted by Crippen LogP contribution is 2.30. The molecule has 3 heteroatoms. The molecule has 0 amide bonds. The van der Waals surface area contributed by atoms with Crippen molar-refractivity contribution in [2.24, 2.45) is 11.7 Å². The third-order valence-corrected chi connectivity index (χ3v) is 3.11. The third-order valence-electron chi connectivity index (χ3n) is 3.11. The standard InChI is InChI=1S/C9H18N2O/c10-7-8-5-9(6-8)11-1-3-12-4-2-11/h8-9H,1-7,10H2. The van der Waals surface area contributed by atoms with Crippen LogP contribution in [-0.4, -0.2) is 43.8 Å². The number of morpholine rings is 1. The van der Waals surface area contributed by atoms with Gasteiger partial charge in [-0.15, -0.1) is 0 Å². The third kappa shape index (κ3) is 1.63. The van der Waals surface area contributed by atoms with Crippen LogP contribution in [0.1, 0.15) is 12.8 Å². The Morgan fingerprint density at radius 2 is 1.92 bits per heavy atom. The van der Waals surface area contributed by atoms with E-state index in [1.807, 2.05) is 0 Å². The van der Waals surface area contributed by atoms with Crippen LogP contribution in [0, 0.1) is 5.92 Å². The highest BCUT2D eigenvalue weighted by Gasteiger charge is 2.32. The Balaban J connectivity index is 1.72. The first-order valence-electron chi connectivity index (χ1n) is 4.92. The molecule has 0 unspecified atom stereocenters. The summed E-state index contributed by atoms with van der Waals surface area (Å²) in [4.78, 5) is 2.55. The zero-order valence-corrected chi connectivity index (χ0v) is 7.54. The fourth-order valence-electron chi connectivity index (χ4n) is 2.13. The second-order valence-electron chi connectivity index (χ2n) is 3.88. The Kier molecular flexibility index (Phi) is 2.63. The molecule has 2 rings (SSSR count). The van der Waals surface area contributed by atoms with Gasteiger partial charge < -0.3 is 10.5 Å². The predicted octanol–water partition coefficient (Wildman–Crippen LogP) is 0.0559. The number of nitrogens with zero attached hydrogens (tertiary/aromatic N) is 1. The van der Waals surface area contributed by atoms with Crippen LogP contribution in [0.25, 0.3) is 0 Å². The molecular weight excluding hydrogens is 152 g/mol.